The number of esters is 1. The molecule has 4 unspecified atom stereocenters. The first kappa shape index (κ1) is 8.09. The van der Waals surface area contributed by atoms with Crippen molar-refractivity contribution in [2.24, 2.45) is 23.7 Å². The number of hydrogen-bond acceptors (Lipinski definition) is 2. The smallest absolute Gasteiger partial charge is 0.309 e. The molecular weight excluding hydrogens is 152 g/mol. The van der Waals surface area contributed by atoms with Crippen LogP contribution < -0.4 is 0 Å². The summed E-state index contributed by atoms with van der Waals surface area (Å²) in [5.74, 6) is 2.11. The highest BCUT2D eigenvalue weighted by Gasteiger charge is 2.49. The maximum atomic E-state index is 11.3. The van der Waals surface area contributed by atoms with Crippen molar-refractivity contribution in [3.8, 4) is 0 Å². The average molecular weight is 168 g/mol. The molecular formula is C10H16O2. The molecule has 0 aromatic heterocycles. The van der Waals surface area contributed by atoms with Crippen molar-refractivity contribution in [1.82, 2.24) is 0 Å². The van der Waals surface area contributed by atoms with Gasteiger partial charge in [-0.1, -0.05) is 20.3 Å². The highest BCUT2D eigenvalue weighted by atomic mass is 16.5. The van der Waals surface area contributed by atoms with Gasteiger partial charge in [0.25, 0.3) is 0 Å². The monoisotopic (exact) mass is 168 g/mol. The van der Waals surface area contributed by atoms with Crippen LogP contribution in [0.5, 0.6) is 0 Å². The van der Waals surface area contributed by atoms with Crippen LogP contribution in [0.2, 0.25) is 0 Å². The molecule has 0 radical (unpaired) electrons. The largest absolute Gasteiger partial charge is 0.465 e. The number of cyclic esters (lactones) is 1. The zero-order valence-corrected chi connectivity index (χ0v) is 7.75. The van der Waals surface area contributed by atoms with Crippen LogP contribution in [0.3, 0.4) is 0 Å². The van der Waals surface area contributed by atoms with E-state index < -0.39 is 0 Å². The summed E-state index contributed by atoms with van der Waals surface area (Å²) in [5, 5.41) is 0. The lowest BCUT2D eigenvalue weighted by Gasteiger charge is -2.12. The molecule has 2 rings (SSSR count). The summed E-state index contributed by atoms with van der Waals surface area (Å²) in [6.07, 6.45) is 2.42. The molecule has 0 spiro atoms. The van der Waals surface area contributed by atoms with E-state index in [0.29, 0.717) is 18.4 Å². The van der Waals surface area contributed by atoms with Crippen LogP contribution in [0.4, 0.5) is 0 Å². The number of fused-ring (bicyclic) bond motifs is 1. The van der Waals surface area contributed by atoms with Crippen LogP contribution in [-0.4, -0.2) is 12.6 Å². The van der Waals surface area contributed by atoms with Crippen molar-refractivity contribution in [3.05, 3.63) is 0 Å². The van der Waals surface area contributed by atoms with Gasteiger partial charge < -0.3 is 4.74 Å². The fourth-order valence-corrected chi connectivity index (χ4v) is 2.90. The molecule has 1 saturated heterocycles. The average Bonchev–Trinajstić information content (AvgIpc) is 2.55. The molecule has 12 heavy (non-hydrogen) atoms. The normalized spacial score (nSPS) is 46.0. The Kier molecular flexibility index (Phi) is 1.85. The second-order valence-electron chi connectivity index (χ2n) is 4.20. The number of carbonyl (C=O) groups is 1. The van der Waals surface area contributed by atoms with Gasteiger partial charge in [0.05, 0.1) is 12.5 Å². The minimum atomic E-state index is 0.0588. The molecule has 0 bridgehead atoms. The van der Waals surface area contributed by atoms with Crippen LogP contribution in [0.1, 0.15) is 26.7 Å². The van der Waals surface area contributed by atoms with E-state index in [-0.39, 0.29) is 11.9 Å². The van der Waals surface area contributed by atoms with Crippen molar-refractivity contribution >= 4 is 5.97 Å². The van der Waals surface area contributed by atoms with Gasteiger partial charge in [-0.2, -0.15) is 0 Å². The number of hydrogen-bond donors (Lipinski definition) is 0. The summed E-state index contributed by atoms with van der Waals surface area (Å²) in [6.45, 7) is 5.08. The predicted octanol–water partition coefficient (Wildman–Crippen LogP) is 1.84. The molecule has 2 nitrogen and oxygen atoms in total. The third-order valence-corrected chi connectivity index (χ3v) is 3.57. The van der Waals surface area contributed by atoms with Crippen LogP contribution in [-0.2, 0) is 9.53 Å². The van der Waals surface area contributed by atoms with Gasteiger partial charge in [0.1, 0.15) is 0 Å². The second-order valence-corrected chi connectivity index (χ2v) is 4.20. The standard InChI is InChI=1S/C10H16O2/c1-3-7-4-6(2)9-8(7)5-12-10(9)11/h6-9H,3-5H2,1-2H3. The molecule has 0 aromatic carbocycles. The van der Waals surface area contributed by atoms with Crippen molar-refractivity contribution in [3.63, 3.8) is 0 Å². The molecule has 1 heterocycles. The molecule has 0 amide bonds. The van der Waals surface area contributed by atoms with Crippen LogP contribution in [0.15, 0.2) is 0 Å². The SMILES string of the molecule is CCC1CC(C)C2C(=O)OCC12. The summed E-state index contributed by atoms with van der Waals surface area (Å²) in [7, 11) is 0. The third kappa shape index (κ3) is 0.970. The van der Waals surface area contributed by atoms with E-state index in [9.17, 15) is 4.79 Å². The van der Waals surface area contributed by atoms with Crippen LogP contribution >= 0.6 is 0 Å². The van der Waals surface area contributed by atoms with Gasteiger partial charge in [0, 0.05) is 5.92 Å². The summed E-state index contributed by atoms with van der Waals surface area (Å²) in [4.78, 5) is 11.3. The van der Waals surface area contributed by atoms with Gasteiger partial charge in [-0.3, -0.25) is 4.79 Å². The van der Waals surface area contributed by atoms with Gasteiger partial charge in [-0.05, 0) is 18.3 Å². The Balaban J connectivity index is 2.17. The third-order valence-electron chi connectivity index (χ3n) is 3.57. The maximum absolute atomic E-state index is 11.3. The number of rotatable bonds is 1. The first-order valence-corrected chi connectivity index (χ1v) is 4.90. The summed E-state index contributed by atoms with van der Waals surface area (Å²) in [5.41, 5.74) is 0. The fourth-order valence-electron chi connectivity index (χ4n) is 2.90. The van der Waals surface area contributed by atoms with E-state index in [4.69, 9.17) is 4.74 Å². The molecule has 0 N–H and O–H groups in total. The van der Waals surface area contributed by atoms with E-state index >= 15 is 0 Å². The molecule has 2 aliphatic rings. The number of carbonyl (C=O) groups excluding carboxylic acids is 1. The van der Waals surface area contributed by atoms with E-state index in [1.807, 2.05) is 0 Å². The first-order valence-electron chi connectivity index (χ1n) is 4.90. The van der Waals surface area contributed by atoms with Crippen molar-refractivity contribution in [2.75, 3.05) is 6.61 Å². The quantitative estimate of drug-likeness (QED) is 0.558. The lowest BCUT2D eigenvalue weighted by molar-refractivity contribution is -0.142. The Hall–Kier alpha value is -0.530. The topological polar surface area (TPSA) is 26.3 Å². The van der Waals surface area contributed by atoms with Gasteiger partial charge in [-0.25, -0.2) is 0 Å². The fraction of sp³-hybridized carbons (Fsp3) is 0.900. The Bertz CT molecular complexity index is 200. The highest BCUT2D eigenvalue weighted by Crippen LogP contribution is 2.46. The van der Waals surface area contributed by atoms with Crippen LogP contribution in [0, 0.1) is 23.7 Å². The summed E-state index contributed by atoms with van der Waals surface area (Å²) in [6, 6.07) is 0. The minimum Gasteiger partial charge on any atom is -0.465 e. The van der Waals surface area contributed by atoms with Gasteiger partial charge >= 0.3 is 5.97 Å². The Labute approximate surface area is 73.3 Å². The van der Waals surface area contributed by atoms with E-state index in [1.165, 1.54) is 12.8 Å². The van der Waals surface area contributed by atoms with Gasteiger partial charge in [0.2, 0.25) is 0 Å². The van der Waals surface area contributed by atoms with E-state index in [1.54, 1.807) is 0 Å². The predicted molar refractivity (Wildman–Crippen MR) is 45.5 cm³/mol. The zero-order chi connectivity index (χ0) is 8.72. The molecule has 2 heteroatoms. The van der Waals surface area contributed by atoms with E-state index in [2.05, 4.69) is 13.8 Å². The molecule has 68 valence electrons. The lowest BCUT2D eigenvalue weighted by atomic mass is 9.89. The Morgan fingerprint density at radius 3 is 3.00 bits per heavy atom. The minimum absolute atomic E-state index is 0.0588. The van der Waals surface area contributed by atoms with Gasteiger partial charge in [0.15, 0.2) is 0 Å². The Morgan fingerprint density at radius 2 is 2.33 bits per heavy atom. The maximum Gasteiger partial charge on any atom is 0.309 e. The van der Waals surface area contributed by atoms with Crippen molar-refractivity contribution in [2.45, 2.75) is 26.7 Å². The summed E-state index contributed by atoms with van der Waals surface area (Å²) >= 11 is 0. The Morgan fingerprint density at radius 1 is 1.58 bits per heavy atom. The number of ether oxygens (including phenoxy) is 1. The molecule has 1 aliphatic heterocycles. The molecule has 1 aliphatic carbocycles. The first-order chi connectivity index (χ1) is 5.74. The second kappa shape index (κ2) is 2.75. The molecule has 4 atom stereocenters. The zero-order valence-electron chi connectivity index (χ0n) is 7.75. The lowest BCUT2D eigenvalue weighted by Crippen LogP contribution is -2.17. The van der Waals surface area contributed by atoms with Crippen molar-refractivity contribution in [1.29, 1.82) is 0 Å². The molecule has 2 fully saturated rings. The molecule has 0 aromatic rings. The van der Waals surface area contributed by atoms with Crippen molar-refractivity contribution < 1.29 is 9.53 Å². The summed E-state index contributed by atoms with van der Waals surface area (Å²) < 4.78 is 5.08. The highest BCUT2D eigenvalue weighted by molar-refractivity contribution is 5.75. The molecule has 1 saturated carbocycles. The van der Waals surface area contributed by atoms with E-state index in [0.717, 1.165) is 5.92 Å². The van der Waals surface area contributed by atoms with Gasteiger partial charge in [-0.15, -0.1) is 0 Å². The van der Waals surface area contributed by atoms with Crippen LogP contribution in [0.25, 0.3) is 0 Å².